The Kier molecular flexibility index (Phi) is 3.84. The molecule has 0 bridgehead atoms. The maximum absolute atomic E-state index is 13.4. The van der Waals surface area contributed by atoms with Gasteiger partial charge in [-0.05, 0) is 48.9 Å². The van der Waals surface area contributed by atoms with Crippen LogP contribution in [0.25, 0.3) is 10.9 Å². The Balaban J connectivity index is 2.01. The van der Waals surface area contributed by atoms with E-state index in [2.05, 4.69) is 0 Å². The van der Waals surface area contributed by atoms with Gasteiger partial charge in [-0.1, -0.05) is 17.7 Å². The standard InChI is InChI=1S/C17H15ClFNO/c1-2-21-17-5-3-4-16-14(17)8-9-20(16)11-12-10-13(19)6-7-15(12)18/h3-10H,2,11H2,1H3. The minimum absolute atomic E-state index is 0.277. The van der Waals surface area contributed by atoms with Crippen molar-refractivity contribution in [3.63, 3.8) is 0 Å². The van der Waals surface area contributed by atoms with Crippen LogP contribution in [0, 0.1) is 5.82 Å². The highest BCUT2D eigenvalue weighted by Gasteiger charge is 2.09. The number of aromatic nitrogens is 1. The molecule has 0 saturated carbocycles. The highest BCUT2D eigenvalue weighted by molar-refractivity contribution is 6.31. The van der Waals surface area contributed by atoms with Crippen molar-refractivity contribution in [1.82, 2.24) is 4.57 Å². The van der Waals surface area contributed by atoms with Crippen molar-refractivity contribution in [2.45, 2.75) is 13.5 Å². The van der Waals surface area contributed by atoms with Gasteiger partial charge in [0.1, 0.15) is 11.6 Å². The van der Waals surface area contributed by atoms with Crippen LogP contribution < -0.4 is 4.74 Å². The normalized spacial score (nSPS) is 11.0. The largest absolute Gasteiger partial charge is 0.493 e. The fraction of sp³-hybridized carbons (Fsp3) is 0.176. The quantitative estimate of drug-likeness (QED) is 0.670. The average molecular weight is 304 g/mol. The van der Waals surface area contributed by atoms with Gasteiger partial charge in [-0.15, -0.1) is 0 Å². The van der Waals surface area contributed by atoms with Gasteiger partial charge in [0.05, 0.1) is 12.1 Å². The molecule has 2 nitrogen and oxygen atoms in total. The molecule has 0 spiro atoms. The van der Waals surface area contributed by atoms with Gasteiger partial charge in [0.25, 0.3) is 0 Å². The first-order valence-corrected chi connectivity index (χ1v) is 7.21. The summed E-state index contributed by atoms with van der Waals surface area (Å²) in [4.78, 5) is 0. The fourth-order valence-corrected chi connectivity index (χ4v) is 2.64. The summed E-state index contributed by atoms with van der Waals surface area (Å²) >= 11 is 6.14. The van der Waals surface area contributed by atoms with E-state index in [1.807, 2.05) is 42.0 Å². The Morgan fingerprint density at radius 2 is 2.05 bits per heavy atom. The molecule has 2 aromatic carbocycles. The van der Waals surface area contributed by atoms with Crippen LogP contribution in [-0.2, 0) is 6.54 Å². The zero-order valence-electron chi connectivity index (χ0n) is 11.6. The van der Waals surface area contributed by atoms with E-state index in [-0.39, 0.29) is 5.82 Å². The summed E-state index contributed by atoms with van der Waals surface area (Å²) in [6.45, 7) is 3.11. The van der Waals surface area contributed by atoms with Gasteiger partial charge in [-0.2, -0.15) is 0 Å². The Hall–Kier alpha value is -2.00. The Morgan fingerprint density at radius 3 is 2.86 bits per heavy atom. The van der Waals surface area contributed by atoms with Crippen LogP contribution in [-0.4, -0.2) is 11.2 Å². The van der Waals surface area contributed by atoms with E-state index in [1.165, 1.54) is 12.1 Å². The summed E-state index contributed by atoms with van der Waals surface area (Å²) in [7, 11) is 0. The third-order valence-electron chi connectivity index (χ3n) is 3.42. The van der Waals surface area contributed by atoms with Gasteiger partial charge in [-0.25, -0.2) is 4.39 Å². The first-order valence-electron chi connectivity index (χ1n) is 6.83. The SMILES string of the molecule is CCOc1cccc2c1ccn2Cc1cc(F)ccc1Cl. The number of nitrogens with zero attached hydrogens (tertiary/aromatic N) is 1. The summed E-state index contributed by atoms with van der Waals surface area (Å²) in [5.41, 5.74) is 1.80. The predicted octanol–water partition coefficient (Wildman–Crippen LogP) is 4.88. The molecule has 108 valence electrons. The minimum Gasteiger partial charge on any atom is -0.493 e. The smallest absolute Gasteiger partial charge is 0.128 e. The topological polar surface area (TPSA) is 14.2 Å². The van der Waals surface area contributed by atoms with Gasteiger partial charge in [0.15, 0.2) is 0 Å². The lowest BCUT2D eigenvalue weighted by molar-refractivity contribution is 0.344. The summed E-state index contributed by atoms with van der Waals surface area (Å²) in [5.74, 6) is 0.583. The molecule has 3 aromatic rings. The van der Waals surface area contributed by atoms with E-state index in [0.717, 1.165) is 22.2 Å². The Labute approximate surface area is 127 Å². The monoisotopic (exact) mass is 303 g/mol. The summed E-state index contributed by atoms with van der Waals surface area (Å²) < 4.78 is 21.0. The number of ether oxygens (including phenoxy) is 1. The van der Waals surface area contributed by atoms with Crippen LogP contribution in [0.2, 0.25) is 5.02 Å². The minimum atomic E-state index is -0.277. The summed E-state index contributed by atoms with van der Waals surface area (Å²) in [6.07, 6.45) is 1.97. The van der Waals surface area contributed by atoms with Crippen molar-refractivity contribution in [2.24, 2.45) is 0 Å². The lowest BCUT2D eigenvalue weighted by atomic mass is 10.2. The van der Waals surface area contributed by atoms with E-state index in [9.17, 15) is 4.39 Å². The maximum Gasteiger partial charge on any atom is 0.128 e. The number of rotatable bonds is 4. The lowest BCUT2D eigenvalue weighted by Gasteiger charge is -2.09. The molecule has 0 radical (unpaired) electrons. The molecule has 1 aromatic heterocycles. The van der Waals surface area contributed by atoms with Crippen molar-refractivity contribution in [3.05, 3.63) is 65.1 Å². The molecule has 0 N–H and O–H groups in total. The third kappa shape index (κ3) is 2.74. The Morgan fingerprint density at radius 1 is 1.19 bits per heavy atom. The third-order valence-corrected chi connectivity index (χ3v) is 3.79. The molecule has 0 aliphatic carbocycles. The molecule has 21 heavy (non-hydrogen) atoms. The number of halogens is 2. The van der Waals surface area contributed by atoms with E-state index in [1.54, 1.807) is 6.07 Å². The second-order valence-corrected chi connectivity index (χ2v) is 5.21. The van der Waals surface area contributed by atoms with Crippen molar-refractivity contribution in [2.75, 3.05) is 6.61 Å². The van der Waals surface area contributed by atoms with Crippen LogP contribution in [0.1, 0.15) is 12.5 Å². The molecule has 3 rings (SSSR count). The van der Waals surface area contributed by atoms with Crippen LogP contribution in [0.3, 0.4) is 0 Å². The van der Waals surface area contributed by atoms with Crippen LogP contribution in [0.5, 0.6) is 5.75 Å². The number of hydrogen-bond donors (Lipinski definition) is 0. The predicted molar refractivity (Wildman–Crippen MR) is 83.6 cm³/mol. The van der Waals surface area contributed by atoms with Crippen molar-refractivity contribution in [1.29, 1.82) is 0 Å². The summed E-state index contributed by atoms with van der Waals surface area (Å²) in [5, 5.41) is 1.62. The molecular weight excluding hydrogens is 289 g/mol. The van der Waals surface area contributed by atoms with Gasteiger partial charge >= 0.3 is 0 Å². The average Bonchev–Trinajstić information content (AvgIpc) is 2.88. The zero-order chi connectivity index (χ0) is 14.8. The molecule has 0 aliphatic heterocycles. The molecule has 0 atom stereocenters. The molecule has 0 saturated heterocycles. The molecule has 1 heterocycles. The molecule has 0 amide bonds. The second-order valence-electron chi connectivity index (χ2n) is 4.80. The molecular formula is C17H15ClFNO. The van der Waals surface area contributed by atoms with E-state index >= 15 is 0 Å². The fourth-order valence-electron chi connectivity index (χ4n) is 2.46. The first kappa shape index (κ1) is 14.0. The maximum atomic E-state index is 13.4. The van der Waals surface area contributed by atoms with E-state index < -0.39 is 0 Å². The van der Waals surface area contributed by atoms with Crippen LogP contribution in [0.4, 0.5) is 4.39 Å². The second kappa shape index (κ2) is 5.78. The molecule has 0 aliphatic rings. The number of fused-ring (bicyclic) bond motifs is 1. The van der Waals surface area contributed by atoms with Gasteiger partial charge in [0.2, 0.25) is 0 Å². The Bertz CT molecular complexity index is 782. The highest BCUT2D eigenvalue weighted by atomic mass is 35.5. The lowest BCUT2D eigenvalue weighted by Crippen LogP contribution is -1.99. The van der Waals surface area contributed by atoms with Crippen LogP contribution in [0.15, 0.2) is 48.7 Å². The highest BCUT2D eigenvalue weighted by Crippen LogP contribution is 2.28. The van der Waals surface area contributed by atoms with E-state index in [0.29, 0.717) is 18.2 Å². The van der Waals surface area contributed by atoms with Crippen molar-refractivity contribution < 1.29 is 9.13 Å². The zero-order valence-corrected chi connectivity index (χ0v) is 12.4. The van der Waals surface area contributed by atoms with Gasteiger partial charge in [-0.3, -0.25) is 0 Å². The van der Waals surface area contributed by atoms with Crippen molar-refractivity contribution in [3.8, 4) is 5.75 Å². The molecule has 0 unspecified atom stereocenters. The van der Waals surface area contributed by atoms with E-state index in [4.69, 9.17) is 16.3 Å². The number of benzene rings is 2. The first-order chi connectivity index (χ1) is 10.2. The van der Waals surface area contributed by atoms with Crippen molar-refractivity contribution >= 4 is 22.5 Å². The van der Waals surface area contributed by atoms with Gasteiger partial charge < -0.3 is 9.30 Å². The number of hydrogen-bond acceptors (Lipinski definition) is 1. The van der Waals surface area contributed by atoms with Crippen LogP contribution >= 0.6 is 11.6 Å². The van der Waals surface area contributed by atoms with Gasteiger partial charge in [0, 0.05) is 23.2 Å². The summed E-state index contributed by atoms with van der Waals surface area (Å²) in [6, 6.07) is 12.4. The molecule has 0 fully saturated rings. The molecule has 4 heteroatoms.